The van der Waals surface area contributed by atoms with E-state index in [-0.39, 0.29) is 0 Å². The van der Waals surface area contributed by atoms with Gasteiger partial charge in [-0.3, -0.25) is 0 Å². The van der Waals surface area contributed by atoms with Gasteiger partial charge >= 0.3 is 5.97 Å². The van der Waals surface area contributed by atoms with Gasteiger partial charge in [-0.05, 0) is 25.0 Å². The lowest BCUT2D eigenvalue weighted by atomic mass is 10.1. The van der Waals surface area contributed by atoms with Crippen molar-refractivity contribution in [1.82, 2.24) is 5.32 Å². The van der Waals surface area contributed by atoms with Crippen LogP contribution in [0.4, 0.5) is 0 Å². The van der Waals surface area contributed by atoms with Crippen LogP contribution in [0.3, 0.4) is 0 Å². The number of hydrogen-bond donors (Lipinski definition) is 2. The van der Waals surface area contributed by atoms with Crippen LogP contribution in [0, 0.1) is 0 Å². The van der Waals surface area contributed by atoms with E-state index in [4.69, 9.17) is 5.11 Å². The molecule has 0 bridgehead atoms. The Labute approximate surface area is 106 Å². The molecule has 1 heterocycles. The average molecular weight is 253 g/mol. The van der Waals surface area contributed by atoms with E-state index in [1.807, 2.05) is 6.07 Å². The van der Waals surface area contributed by atoms with Crippen LogP contribution in [0.15, 0.2) is 12.1 Å². The molecule has 0 radical (unpaired) electrons. The fourth-order valence-corrected chi connectivity index (χ4v) is 3.11. The van der Waals surface area contributed by atoms with Crippen molar-refractivity contribution >= 4 is 17.3 Å². The van der Waals surface area contributed by atoms with Gasteiger partial charge in [0.25, 0.3) is 0 Å². The van der Waals surface area contributed by atoms with Crippen LogP contribution in [-0.4, -0.2) is 17.1 Å². The Balaban J connectivity index is 1.81. The lowest BCUT2D eigenvalue weighted by molar-refractivity contribution is 0.0702. The minimum Gasteiger partial charge on any atom is -0.477 e. The van der Waals surface area contributed by atoms with Gasteiger partial charge in [-0.25, -0.2) is 4.79 Å². The van der Waals surface area contributed by atoms with Gasteiger partial charge < -0.3 is 10.4 Å². The van der Waals surface area contributed by atoms with Crippen LogP contribution in [0.1, 0.15) is 53.1 Å². The zero-order valence-corrected chi connectivity index (χ0v) is 10.8. The normalized spacial score (nSPS) is 17.9. The molecule has 0 amide bonds. The first-order valence-corrected chi connectivity index (χ1v) is 7.13. The van der Waals surface area contributed by atoms with Crippen molar-refractivity contribution in [2.75, 3.05) is 0 Å². The van der Waals surface area contributed by atoms with E-state index in [9.17, 15) is 4.79 Å². The highest BCUT2D eigenvalue weighted by atomic mass is 32.1. The number of thiophene rings is 1. The van der Waals surface area contributed by atoms with E-state index in [0.29, 0.717) is 10.9 Å². The third-order valence-electron chi connectivity index (χ3n) is 3.29. The summed E-state index contributed by atoms with van der Waals surface area (Å²) in [6.45, 7) is 0.808. The number of rotatable bonds is 4. The van der Waals surface area contributed by atoms with Crippen molar-refractivity contribution in [2.45, 2.75) is 51.1 Å². The predicted molar refractivity (Wildman–Crippen MR) is 69.6 cm³/mol. The molecule has 1 saturated carbocycles. The minimum atomic E-state index is -0.823. The molecule has 1 aliphatic rings. The first-order chi connectivity index (χ1) is 8.25. The fraction of sp³-hybridized carbons (Fsp3) is 0.615. The number of aromatic carboxylic acids is 1. The molecule has 1 aromatic rings. The quantitative estimate of drug-likeness (QED) is 0.810. The summed E-state index contributed by atoms with van der Waals surface area (Å²) in [5.41, 5.74) is 0. The largest absolute Gasteiger partial charge is 0.477 e. The van der Waals surface area contributed by atoms with Crippen molar-refractivity contribution in [3.63, 3.8) is 0 Å². The van der Waals surface area contributed by atoms with Crippen LogP contribution in [0.5, 0.6) is 0 Å². The molecule has 17 heavy (non-hydrogen) atoms. The first kappa shape index (κ1) is 12.6. The average Bonchev–Trinajstić information content (AvgIpc) is 2.63. The maximum Gasteiger partial charge on any atom is 0.345 e. The van der Waals surface area contributed by atoms with Crippen molar-refractivity contribution in [2.24, 2.45) is 0 Å². The maximum absolute atomic E-state index is 10.8. The summed E-state index contributed by atoms with van der Waals surface area (Å²) >= 11 is 1.37. The summed E-state index contributed by atoms with van der Waals surface area (Å²) in [4.78, 5) is 12.3. The van der Waals surface area contributed by atoms with Gasteiger partial charge in [-0.1, -0.05) is 25.7 Å². The Kier molecular flexibility index (Phi) is 4.57. The third-order valence-corrected chi connectivity index (χ3v) is 4.37. The van der Waals surface area contributed by atoms with Crippen molar-refractivity contribution in [1.29, 1.82) is 0 Å². The highest BCUT2D eigenvalue weighted by molar-refractivity contribution is 7.13. The van der Waals surface area contributed by atoms with Gasteiger partial charge in [-0.2, -0.15) is 0 Å². The van der Waals surface area contributed by atoms with Gasteiger partial charge in [0.1, 0.15) is 4.88 Å². The van der Waals surface area contributed by atoms with Gasteiger partial charge in [0, 0.05) is 17.5 Å². The molecular formula is C13H19NO2S. The number of carboxylic acids is 1. The molecule has 0 saturated heterocycles. The molecule has 2 N–H and O–H groups in total. The standard InChI is InChI=1S/C13H19NO2S/c15-13(16)12-8-7-11(17-12)9-14-10-5-3-1-2-4-6-10/h7-8,10,14H,1-6,9H2,(H,15,16). The molecule has 1 aliphatic carbocycles. The smallest absolute Gasteiger partial charge is 0.345 e. The number of carbonyl (C=O) groups is 1. The maximum atomic E-state index is 10.8. The lowest BCUT2D eigenvalue weighted by Gasteiger charge is -2.15. The Hall–Kier alpha value is -0.870. The SMILES string of the molecule is O=C(O)c1ccc(CNC2CCCCCC2)s1. The summed E-state index contributed by atoms with van der Waals surface area (Å²) in [6.07, 6.45) is 7.89. The molecule has 0 aliphatic heterocycles. The monoisotopic (exact) mass is 253 g/mol. The zero-order valence-electron chi connectivity index (χ0n) is 9.95. The van der Waals surface area contributed by atoms with Crippen LogP contribution >= 0.6 is 11.3 Å². The van der Waals surface area contributed by atoms with E-state index in [2.05, 4.69) is 5.32 Å². The van der Waals surface area contributed by atoms with E-state index in [1.165, 1.54) is 49.9 Å². The second-order valence-electron chi connectivity index (χ2n) is 4.64. The second-order valence-corrected chi connectivity index (χ2v) is 5.81. The molecule has 0 unspecified atom stereocenters. The van der Waals surface area contributed by atoms with Crippen LogP contribution in [-0.2, 0) is 6.54 Å². The van der Waals surface area contributed by atoms with Crippen LogP contribution in [0.2, 0.25) is 0 Å². The molecule has 0 aromatic carbocycles. The zero-order chi connectivity index (χ0) is 12.1. The molecule has 4 heteroatoms. The molecule has 0 atom stereocenters. The van der Waals surface area contributed by atoms with E-state index >= 15 is 0 Å². The second kappa shape index (κ2) is 6.17. The van der Waals surface area contributed by atoms with Crippen molar-refractivity contribution < 1.29 is 9.90 Å². The molecule has 0 spiro atoms. The third kappa shape index (κ3) is 3.82. The molecule has 1 aromatic heterocycles. The Morgan fingerprint density at radius 3 is 2.59 bits per heavy atom. The van der Waals surface area contributed by atoms with E-state index in [0.717, 1.165) is 11.4 Å². The van der Waals surface area contributed by atoms with Gasteiger partial charge in [0.2, 0.25) is 0 Å². The number of nitrogens with one attached hydrogen (secondary N) is 1. The molecule has 2 rings (SSSR count). The number of carboxylic acid groups (broad SMARTS) is 1. The lowest BCUT2D eigenvalue weighted by Crippen LogP contribution is -2.27. The molecule has 94 valence electrons. The van der Waals surface area contributed by atoms with Gasteiger partial charge in [0.15, 0.2) is 0 Å². The highest BCUT2D eigenvalue weighted by Gasteiger charge is 2.12. The predicted octanol–water partition coefficient (Wildman–Crippen LogP) is 3.26. The highest BCUT2D eigenvalue weighted by Crippen LogP contribution is 2.20. The molecule has 1 fully saturated rings. The van der Waals surface area contributed by atoms with Gasteiger partial charge in [-0.15, -0.1) is 11.3 Å². The molecule has 3 nitrogen and oxygen atoms in total. The first-order valence-electron chi connectivity index (χ1n) is 6.31. The molecular weight excluding hydrogens is 234 g/mol. The Morgan fingerprint density at radius 2 is 2.00 bits per heavy atom. The van der Waals surface area contributed by atoms with Crippen LogP contribution < -0.4 is 5.32 Å². The topological polar surface area (TPSA) is 49.3 Å². The summed E-state index contributed by atoms with van der Waals surface area (Å²) < 4.78 is 0. The summed E-state index contributed by atoms with van der Waals surface area (Å²) in [7, 11) is 0. The number of hydrogen-bond acceptors (Lipinski definition) is 3. The van der Waals surface area contributed by atoms with Crippen molar-refractivity contribution in [3.05, 3.63) is 21.9 Å². The fourth-order valence-electron chi connectivity index (χ4n) is 2.32. The Morgan fingerprint density at radius 1 is 1.29 bits per heavy atom. The van der Waals surface area contributed by atoms with Crippen molar-refractivity contribution in [3.8, 4) is 0 Å². The summed E-state index contributed by atoms with van der Waals surface area (Å²) in [5.74, 6) is -0.823. The summed E-state index contributed by atoms with van der Waals surface area (Å²) in [6, 6.07) is 4.22. The summed E-state index contributed by atoms with van der Waals surface area (Å²) in [5, 5.41) is 12.4. The Bertz CT molecular complexity index is 367. The van der Waals surface area contributed by atoms with E-state index in [1.54, 1.807) is 6.07 Å². The van der Waals surface area contributed by atoms with Gasteiger partial charge in [0.05, 0.1) is 0 Å². The minimum absolute atomic E-state index is 0.433. The van der Waals surface area contributed by atoms with E-state index < -0.39 is 5.97 Å². The van der Waals surface area contributed by atoms with Crippen LogP contribution in [0.25, 0.3) is 0 Å².